The van der Waals surface area contributed by atoms with Crippen molar-refractivity contribution in [1.29, 1.82) is 0 Å². The number of halogens is 1. The maximum Gasteiger partial charge on any atom is 0.225 e. The standard InChI is InChI=1S/C20H23FN4O2/c21-17-4-2-1-3-15(17)12-22-19(26)14-5-6-18-16(11-14)13-23-20(24-18)25-7-9-27-10-8-25/h1-4,13-14H,5-12H2,(H,22,26)/t14-/m1/s1. The van der Waals surface area contributed by atoms with Crippen LogP contribution in [0, 0.1) is 11.7 Å². The van der Waals surface area contributed by atoms with Gasteiger partial charge >= 0.3 is 0 Å². The number of aryl methyl sites for hydroxylation is 1. The molecule has 1 aromatic heterocycles. The monoisotopic (exact) mass is 370 g/mol. The summed E-state index contributed by atoms with van der Waals surface area (Å²) in [6.45, 7) is 3.22. The molecular weight excluding hydrogens is 347 g/mol. The number of benzene rings is 1. The number of carbonyl (C=O) groups is 1. The van der Waals surface area contributed by atoms with E-state index in [0.717, 1.165) is 43.1 Å². The quantitative estimate of drug-likeness (QED) is 0.890. The molecule has 2 aliphatic rings. The summed E-state index contributed by atoms with van der Waals surface area (Å²) in [5, 5.41) is 2.86. The minimum atomic E-state index is -0.296. The SMILES string of the molecule is O=C(NCc1ccccc1F)[C@@H]1CCc2nc(N3CCOCC3)ncc2C1. The minimum absolute atomic E-state index is 0.0406. The number of nitrogens with one attached hydrogen (secondary N) is 1. The Bertz CT molecular complexity index is 823. The predicted octanol–water partition coefficient (Wildman–Crippen LogP) is 1.87. The lowest BCUT2D eigenvalue weighted by molar-refractivity contribution is -0.125. The zero-order valence-corrected chi connectivity index (χ0v) is 15.2. The number of anilines is 1. The van der Waals surface area contributed by atoms with Crippen molar-refractivity contribution >= 4 is 11.9 Å². The lowest BCUT2D eigenvalue weighted by Crippen LogP contribution is -2.38. The smallest absolute Gasteiger partial charge is 0.225 e. The first-order valence-corrected chi connectivity index (χ1v) is 9.39. The van der Waals surface area contributed by atoms with Crippen LogP contribution >= 0.6 is 0 Å². The fourth-order valence-corrected chi connectivity index (χ4v) is 3.60. The fourth-order valence-electron chi connectivity index (χ4n) is 3.60. The lowest BCUT2D eigenvalue weighted by atomic mass is 9.86. The Morgan fingerprint density at radius 3 is 2.93 bits per heavy atom. The Morgan fingerprint density at radius 1 is 1.30 bits per heavy atom. The fraction of sp³-hybridized carbons (Fsp3) is 0.450. The highest BCUT2D eigenvalue weighted by molar-refractivity contribution is 5.79. The molecule has 0 spiro atoms. The number of hydrogen-bond acceptors (Lipinski definition) is 5. The number of fused-ring (bicyclic) bond motifs is 1. The normalized spacial score (nSPS) is 19.4. The van der Waals surface area contributed by atoms with Crippen molar-refractivity contribution in [1.82, 2.24) is 15.3 Å². The second kappa shape index (κ2) is 8.00. The third-order valence-corrected chi connectivity index (χ3v) is 5.21. The van der Waals surface area contributed by atoms with Crippen LogP contribution in [0.1, 0.15) is 23.2 Å². The molecule has 4 rings (SSSR count). The van der Waals surface area contributed by atoms with Gasteiger partial charge in [0.15, 0.2) is 0 Å². The van der Waals surface area contributed by atoms with Gasteiger partial charge in [-0.15, -0.1) is 0 Å². The highest BCUT2D eigenvalue weighted by atomic mass is 19.1. The molecule has 1 amide bonds. The van der Waals surface area contributed by atoms with Gasteiger partial charge in [0.1, 0.15) is 5.82 Å². The molecule has 0 radical (unpaired) electrons. The molecular formula is C20H23FN4O2. The van der Waals surface area contributed by atoms with Crippen molar-refractivity contribution in [3.63, 3.8) is 0 Å². The molecule has 6 nitrogen and oxygen atoms in total. The van der Waals surface area contributed by atoms with Crippen LogP contribution in [-0.4, -0.2) is 42.2 Å². The van der Waals surface area contributed by atoms with Crippen molar-refractivity contribution in [3.8, 4) is 0 Å². The maximum atomic E-state index is 13.7. The number of aromatic nitrogens is 2. The van der Waals surface area contributed by atoms with Crippen LogP contribution in [0.5, 0.6) is 0 Å². The molecule has 2 heterocycles. The van der Waals surface area contributed by atoms with E-state index in [1.165, 1.54) is 6.07 Å². The Labute approximate surface area is 157 Å². The van der Waals surface area contributed by atoms with E-state index in [9.17, 15) is 9.18 Å². The molecule has 1 aliphatic heterocycles. The summed E-state index contributed by atoms with van der Waals surface area (Å²) < 4.78 is 19.1. The van der Waals surface area contributed by atoms with E-state index in [0.29, 0.717) is 25.2 Å². The van der Waals surface area contributed by atoms with Crippen LogP contribution in [0.2, 0.25) is 0 Å². The van der Waals surface area contributed by atoms with E-state index in [-0.39, 0.29) is 24.2 Å². The number of nitrogens with zero attached hydrogens (tertiary/aromatic N) is 3. The van der Waals surface area contributed by atoms with Gasteiger partial charge < -0.3 is 15.0 Å². The van der Waals surface area contributed by atoms with E-state index >= 15 is 0 Å². The molecule has 1 saturated heterocycles. The van der Waals surface area contributed by atoms with Crippen LogP contribution in [-0.2, 0) is 28.9 Å². The number of amides is 1. The minimum Gasteiger partial charge on any atom is -0.378 e. The van der Waals surface area contributed by atoms with Crippen LogP contribution in [0.15, 0.2) is 30.5 Å². The Morgan fingerprint density at radius 2 is 2.11 bits per heavy atom. The van der Waals surface area contributed by atoms with Gasteiger partial charge in [-0.3, -0.25) is 4.79 Å². The summed E-state index contributed by atoms with van der Waals surface area (Å²) in [5.41, 5.74) is 2.56. The van der Waals surface area contributed by atoms with Gasteiger partial charge in [0.05, 0.1) is 13.2 Å². The maximum absolute atomic E-state index is 13.7. The Kier molecular flexibility index (Phi) is 5.29. The number of morpholine rings is 1. The zero-order chi connectivity index (χ0) is 18.6. The van der Waals surface area contributed by atoms with Gasteiger partial charge in [0.2, 0.25) is 11.9 Å². The summed E-state index contributed by atoms with van der Waals surface area (Å²) in [6.07, 6.45) is 3.98. The van der Waals surface area contributed by atoms with E-state index in [2.05, 4.69) is 15.2 Å². The average Bonchev–Trinajstić information content (AvgIpc) is 2.73. The van der Waals surface area contributed by atoms with E-state index in [4.69, 9.17) is 9.72 Å². The van der Waals surface area contributed by atoms with Crippen molar-refractivity contribution in [2.75, 3.05) is 31.2 Å². The van der Waals surface area contributed by atoms with Crippen molar-refractivity contribution in [2.24, 2.45) is 5.92 Å². The second-order valence-electron chi connectivity index (χ2n) is 6.99. The van der Waals surface area contributed by atoms with Gasteiger partial charge in [-0.25, -0.2) is 14.4 Å². The van der Waals surface area contributed by atoms with Crippen LogP contribution < -0.4 is 10.2 Å². The molecule has 1 N–H and O–H groups in total. The molecule has 142 valence electrons. The summed E-state index contributed by atoms with van der Waals surface area (Å²) in [7, 11) is 0. The molecule has 1 fully saturated rings. The summed E-state index contributed by atoms with van der Waals surface area (Å²) in [4.78, 5) is 23.9. The van der Waals surface area contributed by atoms with Crippen molar-refractivity contribution < 1.29 is 13.9 Å². The van der Waals surface area contributed by atoms with Gasteiger partial charge in [-0.2, -0.15) is 0 Å². The first-order valence-electron chi connectivity index (χ1n) is 9.39. The molecule has 1 aromatic carbocycles. The van der Waals surface area contributed by atoms with Crippen molar-refractivity contribution in [3.05, 3.63) is 53.1 Å². The van der Waals surface area contributed by atoms with E-state index in [1.54, 1.807) is 18.2 Å². The molecule has 0 saturated carbocycles. The van der Waals surface area contributed by atoms with E-state index in [1.807, 2.05) is 6.20 Å². The topological polar surface area (TPSA) is 67.4 Å². The molecule has 0 bridgehead atoms. The number of carbonyl (C=O) groups excluding carboxylic acids is 1. The molecule has 7 heteroatoms. The Balaban J connectivity index is 1.37. The molecule has 1 aliphatic carbocycles. The zero-order valence-electron chi connectivity index (χ0n) is 15.2. The number of rotatable bonds is 4. The summed E-state index contributed by atoms with van der Waals surface area (Å²) >= 11 is 0. The molecule has 1 atom stereocenters. The van der Waals surface area contributed by atoms with Crippen LogP contribution in [0.3, 0.4) is 0 Å². The average molecular weight is 370 g/mol. The number of hydrogen-bond donors (Lipinski definition) is 1. The second-order valence-corrected chi connectivity index (χ2v) is 6.99. The highest BCUT2D eigenvalue weighted by Gasteiger charge is 2.27. The molecule has 2 aromatic rings. The van der Waals surface area contributed by atoms with Gasteiger partial charge in [-0.1, -0.05) is 18.2 Å². The van der Waals surface area contributed by atoms with Gasteiger partial charge in [0, 0.05) is 43.0 Å². The predicted molar refractivity (Wildman–Crippen MR) is 98.8 cm³/mol. The van der Waals surface area contributed by atoms with E-state index < -0.39 is 0 Å². The van der Waals surface area contributed by atoms with Crippen molar-refractivity contribution in [2.45, 2.75) is 25.8 Å². The molecule has 27 heavy (non-hydrogen) atoms. The first kappa shape index (κ1) is 17.9. The van der Waals surface area contributed by atoms with Crippen LogP contribution in [0.4, 0.5) is 10.3 Å². The third-order valence-electron chi connectivity index (χ3n) is 5.21. The highest BCUT2D eigenvalue weighted by Crippen LogP contribution is 2.26. The van der Waals surface area contributed by atoms with Gasteiger partial charge in [0.25, 0.3) is 0 Å². The summed E-state index contributed by atoms with van der Waals surface area (Å²) in [5.74, 6) is 0.290. The summed E-state index contributed by atoms with van der Waals surface area (Å²) in [6, 6.07) is 6.50. The van der Waals surface area contributed by atoms with Gasteiger partial charge in [-0.05, 0) is 30.9 Å². The largest absolute Gasteiger partial charge is 0.378 e. The number of ether oxygens (including phenoxy) is 1. The lowest BCUT2D eigenvalue weighted by Gasteiger charge is -2.28. The molecule has 0 unspecified atom stereocenters. The third kappa shape index (κ3) is 4.08. The first-order chi connectivity index (χ1) is 13.2. The van der Waals surface area contributed by atoms with Crippen LogP contribution in [0.25, 0.3) is 0 Å². The Hall–Kier alpha value is -2.54.